The van der Waals surface area contributed by atoms with Crippen molar-refractivity contribution in [3.63, 3.8) is 0 Å². The van der Waals surface area contributed by atoms with Crippen LogP contribution >= 0.6 is 11.8 Å². The Morgan fingerprint density at radius 3 is 2.39 bits per heavy atom. The molecule has 18 heavy (non-hydrogen) atoms. The summed E-state index contributed by atoms with van der Waals surface area (Å²) in [7, 11) is 0. The third kappa shape index (κ3) is 5.10. The van der Waals surface area contributed by atoms with E-state index in [1.54, 1.807) is 11.8 Å². The van der Waals surface area contributed by atoms with Crippen molar-refractivity contribution >= 4 is 17.7 Å². The highest BCUT2D eigenvalue weighted by Gasteiger charge is 2.12. The normalized spacial score (nSPS) is 11.3. The van der Waals surface area contributed by atoms with E-state index in [9.17, 15) is 4.79 Å². The average molecular weight is 266 g/mol. The summed E-state index contributed by atoms with van der Waals surface area (Å²) in [6.45, 7) is 6.63. The largest absolute Gasteiger partial charge is 0.294 e. The maximum absolute atomic E-state index is 10.9. The van der Waals surface area contributed by atoms with E-state index in [0.29, 0.717) is 6.42 Å². The molecule has 0 heterocycles. The monoisotopic (exact) mass is 266 g/mol. The van der Waals surface area contributed by atoms with Crippen LogP contribution in [0.15, 0.2) is 29.2 Å². The van der Waals surface area contributed by atoms with Crippen molar-refractivity contribution in [2.24, 2.45) is 5.84 Å². The SMILES string of the molecule is CC(C)(C)c1ccc(SCCCC(=O)NN)cc1. The van der Waals surface area contributed by atoms with Gasteiger partial charge in [0, 0.05) is 11.3 Å². The Labute approximate surface area is 113 Å². The van der Waals surface area contributed by atoms with Gasteiger partial charge in [0.05, 0.1) is 0 Å². The molecule has 1 amide bonds. The van der Waals surface area contributed by atoms with E-state index in [0.717, 1.165) is 12.2 Å². The molecule has 0 radical (unpaired) electrons. The molecule has 1 aromatic carbocycles. The van der Waals surface area contributed by atoms with Crippen LogP contribution in [0.4, 0.5) is 0 Å². The predicted molar refractivity (Wildman–Crippen MR) is 77.4 cm³/mol. The first-order valence-corrected chi connectivity index (χ1v) is 7.15. The molecule has 0 saturated heterocycles. The van der Waals surface area contributed by atoms with Crippen molar-refractivity contribution in [2.75, 3.05) is 5.75 Å². The highest BCUT2D eigenvalue weighted by atomic mass is 32.2. The number of thioether (sulfide) groups is 1. The van der Waals surface area contributed by atoms with Crippen LogP contribution in [0.3, 0.4) is 0 Å². The minimum absolute atomic E-state index is 0.0984. The van der Waals surface area contributed by atoms with E-state index in [2.05, 4.69) is 50.5 Å². The smallest absolute Gasteiger partial charge is 0.233 e. The number of nitrogens with two attached hydrogens (primary N) is 1. The Hall–Kier alpha value is -1.00. The molecule has 0 saturated carbocycles. The van der Waals surface area contributed by atoms with Crippen molar-refractivity contribution in [3.8, 4) is 0 Å². The van der Waals surface area contributed by atoms with Crippen LogP contribution in [0, 0.1) is 0 Å². The van der Waals surface area contributed by atoms with E-state index in [-0.39, 0.29) is 11.3 Å². The van der Waals surface area contributed by atoms with Crippen molar-refractivity contribution in [1.82, 2.24) is 5.43 Å². The van der Waals surface area contributed by atoms with E-state index in [1.165, 1.54) is 10.5 Å². The van der Waals surface area contributed by atoms with Gasteiger partial charge in [-0.25, -0.2) is 5.84 Å². The van der Waals surface area contributed by atoms with Crippen molar-refractivity contribution in [1.29, 1.82) is 0 Å². The van der Waals surface area contributed by atoms with E-state index >= 15 is 0 Å². The molecule has 100 valence electrons. The Balaban J connectivity index is 2.38. The lowest BCUT2D eigenvalue weighted by molar-refractivity contribution is -0.121. The van der Waals surface area contributed by atoms with Crippen LogP contribution in [-0.2, 0) is 10.2 Å². The molecule has 4 heteroatoms. The minimum Gasteiger partial charge on any atom is -0.294 e. The molecule has 0 bridgehead atoms. The van der Waals surface area contributed by atoms with Gasteiger partial charge in [-0.1, -0.05) is 32.9 Å². The van der Waals surface area contributed by atoms with Crippen LogP contribution in [0.2, 0.25) is 0 Å². The molecule has 1 rings (SSSR count). The van der Waals surface area contributed by atoms with Crippen molar-refractivity contribution < 1.29 is 4.79 Å². The predicted octanol–water partition coefficient (Wildman–Crippen LogP) is 2.85. The Morgan fingerprint density at radius 2 is 1.89 bits per heavy atom. The van der Waals surface area contributed by atoms with Crippen LogP contribution in [0.1, 0.15) is 39.2 Å². The van der Waals surface area contributed by atoms with Gasteiger partial charge < -0.3 is 0 Å². The molecule has 0 unspecified atom stereocenters. The van der Waals surface area contributed by atoms with Crippen LogP contribution < -0.4 is 11.3 Å². The van der Waals surface area contributed by atoms with E-state index < -0.39 is 0 Å². The van der Waals surface area contributed by atoms with Crippen LogP contribution in [0.5, 0.6) is 0 Å². The number of hydrazine groups is 1. The number of hydrogen-bond donors (Lipinski definition) is 2. The van der Waals surface area contributed by atoms with Gasteiger partial charge in [-0.15, -0.1) is 11.8 Å². The zero-order valence-corrected chi connectivity index (χ0v) is 12.1. The van der Waals surface area contributed by atoms with E-state index in [4.69, 9.17) is 5.84 Å². The maximum atomic E-state index is 10.9. The second-order valence-corrected chi connectivity index (χ2v) is 6.46. The fourth-order valence-corrected chi connectivity index (χ4v) is 2.40. The van der Waals surface area contributed by atoms with Crippen molar-refractivity contribution in [2.45, 2.75) is 43.9 Å². The first kappa shape index (κ1) is 15.1. The second kappa shape index (κ2) is 6.81. The number of nitrogens with one attached hydrogen (secondary N) is 1. The number of benzene rings is 1. The summed E-state index contributed by atoms with van der Waals surface area (Å²) in [5.41, 5.74) is 3.68. The Morgan fingerprint density at radius 1 is 1.28 bits per heavy atom. The first-order chi connectivity index (χ1) is 8.43. The molecule has 0 aliphatic carbocycles. The molecule has 0 aromatic heterocycles. The summed E-state index contributed by atoms with van der Waals surface area (Å²) in [6, 6.07) is 8.65. The Bertz CT molecular complexity index is 382. The van der Waals surface area contributed by atoms with Gasteiger partial charge in [0.15, 0.2) is 0 Å². The highest BCUT2D eigenvalue weighted by molar-refractivity contribution is 7.99. The summed E-state index contributed by atoms with van der Waals surface area (Å²) < 4.78 is 0. The molecule has 3 nitrogen and oxygen atoms in total. The zero-order valence-electron chi connectivity index (χ0n) is 11.3. The number of hydrogen-bond acceptors (Lipinski definition) is 3. The standard InChI is InChI=1S/C14H22N2OS/c1-14(2,3)11-6-8-12(9-7-11)18-10-4-5-13(17)16-15/h6-9H,4-5,10,15H2,1-3H3,(H,16,17). The molecule has 0 fully saturated rings. The lowest BCUT2D eigenvalue weighted by Crippen LogP contribution is -2.29. The summed E-state index contributed by atoms with van der Waals surface area (Å²) in [5.74, 6) is 5.85. The lowest BCUT2D eigenvalue weighted by Gasteiger charge is -2.19. The van der Waals surface area contributed by atoms with Gasteiger partial charge in [-0.05, 0) is 35.3 Å². The molecule has 0 spiro atoms. The van der Waals surface area contributed by atoms with Gasteiger partial charge in [-0.2, -0.15) is 0 Å². The fraction of sp³-hybridized carbons (Fsp3) is 0.500. The van der Waals surface area contributed by atoms with Gasteiger partial charge in [0.25, 0.3) is 0 Å². The third-order valence-electron chi connectivity index (χ3n) is 2.70. The minimum atomic E-state index is -0.0984. The molecular formula is C14H22N2OS. The molecule has 3 N–H and O–H groups in total. The quantitative estimate of drug-likeness (QED) is 0.283. The molecule has 1 aromatic rings. The van der Waals surface area contributed by atoms with Crippen LogP contribution in [-0.4, -0.2) is 11.7 Å². The maximum Gasteiger partial charge on any atom is 0.233 e. The molecule has 0 atom stereocenters. The van der Waals surface area contributed by atoms with Crippen molar-refractivity contribution in [3.05, 3.63) is 29.8 Å². The highest BCUT2D eigenvalue weighted by Crippen LogP contribution is 2.25. The summed E-state index contributed by atoms with van der Waals surface area (Å²) in [5, 5.41) is 0. The molecular weight excluding hydrogens is 244 g/mol. The third-order valence-corrected chi connectivity index (χ3v) is 3.80. The van der Waals surface area contributed by atoms with Gasteiger partial charge >= 0.3 is 0 Å². The number of rotatable bonds is 5. The van der Waals surface area contributed by atoms with Gasteiger partial charge in [-0.3, -0.25) is 10.2 Å². The summed E-state index contributed by atoms with van der Waals surface area (Å²) in [4.78, 5) is 12.2. The Kier molecular flexibility index (Phi) is 5.69. The average Bonchev–Trinajstić information content (AvgIpc) is 2.33. The number of amides is 1. The molecule has 0 aliphatic heterocycles. The zero-order chi connectivity index (χ0) is 13.6. The number of carbonyl (C=O) groups excluding carboxylic acids is 1. The lowest BCUT2D eigenvalue weighted by atomic mass is 9.87. The topological polar surface area (TPSA) is 55.1 Å². The van der Waals surface area contributed by atoms with Gasteiger partial charge in [0.1, 0.15) is 0 Å². The summed E-state index contributed by atoms with van der Waals surface area (Å²) in [6.07, 6.45) is 1.33. The second-order valence-electron chi connectivity index (χ2n) is 5.29. The first-order valence-electron chi connectivity index (χ1n) is 6.16. The number of carbonyl (C=O) groups is 1. The van der Waals surface area contributed by atoms with Crippen LogP contribution in [0.25, 0.3) is 0 Å². The van der Waals surface area contributed by atoms with E-state index in [1.807, 2.05) is 0 Å². The molecule has 0 aliphatic rings. The summed E-state index contributed by atoms with van der Waals surface area (Å²) >= 11 is 1.77. The fourth-order valence-electron chi connectivity index (χ4n) is 1.55. The van der Waals surface area contributed by atoms with Gasteiger partial charge in [0.2, 0.25) is 5.91 Å².